The average Bonchev–Trinajstić information content (AvgIpc) is 2.57. The van der Waals surface area contributed by atoms with Crippen LogP contribution in [0.2, 0.25) is 0 Å². The van der Waals surface area contributed by atoms with E-state index in [2.05, 4.69) is 26.1 Å². The molecule has 0 saturated heterocycles. The zero-order valence-corrected chi connectivity index (χ0v) is 10.6. The van der Waals surface area contributed by atoms with Crippen molar-refractivity contribution in [2.24, 2.45) is 11.8 Å². The van der Waals surface area contributed by atoms with E-state index < -0.39 is 0 Å². The van der Waals surface area contributed by atoms with Crippen molar-refractivity contribution in [3.63, 3.8) is 0 Å². The number of hydrogen-bond donors (Lipinski definition) is 1. The van der Waals surface area contributed by atoms with E-state index in [0.29, 0.717) is 5.92 Å². The average molecular weight is 213 g/mol. The Labute approximate surface area is 94.8 Å². The molecule has 1 aliphatic rings. The van der Waals surface area contributed by atoms with Crippen LogP contribution in [0.1, 0.15) is 46.5 Å². The second-order valence-corrected chi connectivity index (χ2v) is 5.29. The predicted octanol–water partition coefficient (Wildman–Crippen LogP) is 2.83. The molecule has 1 fully saturated rings. The molecule has 90 valence electrons. The molecule has 15 heavy (non-hydrogen) atoms. The first-order chi connectivity index (χ1) is 7.20. The highest BCUT2D eigenvalue weighted by molar-refractivity contribution is 4.79. The van der Waals surface area contributed by atoms with Crippen molar-refractivity contribution in [2.75, 3.05) is 19.8 Å². The minimum absolute atomic E-state index is 0.660. The van der Waals surface area contributed by atoms with Gasteiger partial charge in [0.05, 0.1) is 0 Å². The van der Waals surface area contributed by atoms with Gasteiger partial charge in [0, 0.05) is 19.3 Å². The quantitative estimate of drug-likeness (QED) is 0.657. The molecular formula is C13H27NO. The van der Waals surface area contributed by atoms with E-state index in [1.165, 1.54) is 19.3 Å². The van der Waals surface area contributed by atoms with Gasteiger partial charge in [-0.1, -0.05) is 27.2 Å². The van der Waals surface area contributed by atoms with Crippen LogP contribution in [0, 0.1) is 11.8 Å². The summed E-state index contributed by atoms with van der Waals surface area (Å²) in [5, 5.41) is 3.64. The van der Waals surface area contributed by atoms with Gasteiger partial charge in [0.2, 0.25) is 0 Å². The maximum atomic E-state index is 5.55. The van der Waals surface area contributed by atoms with Crippen molar-refractivity contribution in [1.29, 1.82) is 0 Å². The van der Waals surface area contributed by atoms with Crippen molar-refractivity contribution in [3.05, 3.63) is 0 Å². The number of ether oxygens (including phenoxy) is 1. The number of nitrogens with one attached hydrogen (secondary N) is 1. The maximum absolute atomic E-state index is 5.55. The lowest BCUT2D eigenvalue weighted by Gasteiger charge is -2.17. The monoisotopic (exact) mass is 213 g/mol. The van der Waals surface area contributed by atoms with Crippen LogP contribution in [0.25, 0.3) is 0 Å². The zero-order valence-electron chi connectivity index (χ0n) is 10.6. The van der Waals surface area contributed by atoms with Gasteiger partial charge in [-0.05, 0) is 37.6 Å². The molecule has 1 N–H and O–H groups in total. The van der Waals surface area contributed by atoms with Gasteiger partial charge in [0.1, 0.15) is 0 Å². The van der Waals surface area contributed by atoms with E-state index >= 15 is 0 Å². The summed E-state index contributed by atoms with van der Waals surface area (Å²) >= 11 is 0. The summed E-state index contributed by atoms with van der Waals surface area (Å²) in [6, 6.07) is 0.773. The summed E-state index contributed by atoms with van der Waals surface area (Å²) in [7, 11) is 0. The number of rotatable bonds is 7. The molecule has 2 nitrogen and oxygen atoms in total. The van der Waals surface area contributed by atoms with E-state index in [-0.39, 0.29) is 0 Å². The van der Waals surface area contributed by atoms with Crippen molar-refractivity contribution in [1.82, 2.24) is 5.32 Å². The van der Waals surface area contributed by atoms with Gasteiger partial charge in [0.15, 0.2) is 0 Å². The first-order valence-electron chi connectivity index (χ1n) is 6.51. The topological polar surface area (TPSA) is 21.3 Å². The minimum atomic E-state index is 0.660. The molecule has 0 aromatic heterocycles. The van der Waals surface area contributed by atoms with Crippen LogP contribution in [0.3, 0.4) is 0 Å². The molecule has 0 heterocycles. The molecule has 2 unspecified atom stereocenters. The second-order valence-electron chi connectivity index (χ2n) is 5.29. The van der Waals surface area contributed by atoms with Crippen LogP contribution in [-0.2, 0) is 4.74 Å². The third kappa shape index (κ3) is 5.53. The van der Waals surface area contributed by atoms with Crippen LogP contribution in [0.4, 0.5) is 0 Å². The largest absolute Gasteiger partial charge is 0.381 e. The molecule has 0 aliphatic heterocycles. The molecule has 0 amide bonds. The van der Waals surface area contributed by atoms with Crippen molar-refractivity contribution in [3.8, 4) is 0 Å². The van der Waals surface area contributed by atoms with Gasteiger partial charge < -0.3 is 10.1 Å². The van der Waals surface area contributed by atoms with Crippen molar-refractivity contribution < 1.29 is 4.74 Å². The molecule has 1 aliphatic carbocycles. The van der Waals surface area contributed by atoms with E-state index in [1.54, 1.807) is 0 Å². The van der Waals surface area contributed by atoms with Crippen molar-refractivity contribution >= 4 is 0 Å². The molecule has 0 aromatic rings. The van der Waals surface area contributed by atoms with Crippen LogP contribution in [0.15, 0.2) is 0 Å². The van der Waals surface area contributed by atoms with E-state index in [1.807, 2.05) is 0 Å². The van der Waals surface area contributed by atoms with Gasteiger partial charge in [-0.15, -0.1) is 0 Å². The standard InChI is InChI=1S/C13H27NO/c1-11(2)10-15-9-5-8-14-13-7-4-6-12(13)3/h11-14H,4-10H2,1-3H3. The van der Waals surface area contributed by atoms with Gasteiger partial charge in [-0.2, -0.15) is 0 Å². The van der Waals surface area contributed by atoms with Crippen molar-refractivity contribution in [2.45, 2.75) is 52.5 Å². The lowest BCUT2D eigenvalue weighted by molar-refractivity contribution is 0.107. The first kappa shape index (κ1) is 13.0. The summed E-state index contributed by atoms with van der Waals surface area (Å²) in [5.74, 6) is 1.54. The van der Waals surface area contributed by atoms with Crippen LogP contribution in [0.5, 0.6) is 0 Å². The molecule has 2 heteroatoms. The molecule has 0 bridgehead atoms. The maximum Gasteiger partial charge on any atom is 0.0489 e. The van der Waals surface area contributed by atoms with E-state index in [4.69, 9.17) is 4.74 Å². The third-order valence-corrected chi connectivity index (χ3v) is 3.18. The van der Waals surface area contributed by atoms with Crippen LogP contribution < -0.4 is 5.32 Å². The highest BCUT2D eigenvalue weighted by Crippen LogP contribution is 2.24. The smallest absolute Gasteiger partial charge is 0.0489 e. The normalized spacial score (nSPS) is 26.4. The van der Waals surface area contributed by atoms with Gasteiger partial charge in [-0.3, -0.25) is 0 Å². The SMILES string of the molecule is CC(C)COCCCNC1CCCC1C. The molecule has 0 spiro atoms. The summed E-state index contributed by atoms with van der Waals surface area (Å²) in [4.78, 5) is 0. The van der Waals surface area contributed by atoms with Crippen LogP contribution in [-0.4, -0.2) is 25.8 Å². The Hall–Kier alpha value is -0.0800. The fourth-order valence-corrected chi connectivity index (χ4v) is 2.23. The Kier molecular flexibility index (Phi) is 6.26. The third-order valence-electron chi connectivity index (χ3n) is 3.18. The zero-order chi connectivity index (χ0) is 11.1. The molecule has 0 radical (unpaired) electrons. The highest BCUT2D eigenvalue weighted by atomic mass is 16.5. The molecular weight excluding hydrogens is 186 g/mol. The highest BCUT2D eigenvalue weighted by Gasteiger charge is 2.21. The molecule has 1 saturated carbocycles. The minimum Gasteiger partial charge on any atom is -0.381 e. The second kappa shape index (κ2) is 7.24. The summed E-state index contributed by atoms with van der Waals surface area (Å²) < 4.78 is 5.55. The lowest BCUT2D eigenvalue weighted by Crippen LogP contribution is -2.32. The Balaban J connectivity index is 1.88. The summed E-state index contributed by atoms with van der Waals surface area (Å²) in [6.07, 6.45) is 5.33. The fourth-order valence-electron chi connectivity index (χ4n) is 2.23. The summed E-state index contributed by atoms with van der Waals surface area (Å²) in [6.45, 7) is 9.68. The van der Waals surface area contributed by atoms with Gasteiger partial charge in [-0.25, -0.2) is 0 Å². The molecule has 2 atom stereocenters. The van der Waals surface area contributed by atoms with Gasteiger partial charge in [0.25, 0.3) is 0 Å². The Morgan fingerprint density at radius 2 is 2.13 bits per heavy atom. The van der Waals surface area contributed by atoms with Gasteiger partial charge >= 0.3 is 0 Å². The molecule has 1 rings (SSSR count). The summed E-state index contributed by atoms with van der Waals surface area (Å²) in [5.41, 5.74) is 0. The lowest BCUT2D eigenvalue weighted by atomic mass is 10.1. The predicted molar refractivity (Wildman–Crippen MR) is 65.1 cm³/mol. The molecule has 0 aromatic carbocycles. The fraction of sp³-hybridized carbons (Fsp3) is 1.00. The number of hydrogen-bond acceptors (Lipinski definition) is 2. The van der Waals surface area contributed by atoms with E-state index in [0.717, 1.165) is 38.1 Å². The van der Waals surface area contributed by atoms with Crippen LogP contribution >= 0.6 is 0 Å². The Morgan fingerprint density at radius 1 is 1.33 bits per heavy atom. The Bertz CT molecular complexity index is 159. The first-order valence-corrected chi connectivity index (χ1v) is 6.51. The Morgan fingerprint density at radius 3 is 2.73 bits per heavy atom. The van der Waals surface area contributed by atoms with E-state index in [9.17, 15) is 0 Å².